The molecule has 3 nitrogen and oxygen atoms in total. The Bertz CT molecular complexity index is 780. The van der Waals surface area contributed by atoms with Crippen LogP contribution in [-0.2, 0) is 11.3 Å². The average molecular weight is 322 g/mol. The van der Waals surface area contributed by atoms with Crippen LogP contribution in [0.1, 0.15) is 12.8 Å². The molecule has 0 bridgehead atoms. The van der Waals surface area contributed by atoms with E-state index in [1.165, 1.54) is 0 Å². The Labute approximate surface area is 131 Å². The van der Waals surface area contributed by atoms with E-state index in [1.807, 2.05) is 36.4 Å². The summed E-state index contributed by atoms with van der Waals surface area (Å²) in [6.45, 7) is 0.648. The normalized spacial score (nSPS) is 11.3. The number of hydrogen-bond donors (Lipinski definition) is 1. The molecular formula is C16H13Cl2NO2. The molecule has 1 N–H and O–H groups in total. The van der Waals surface area contributed by atoms with Crippen LogP contribution in [0.4, 0.5) is 0 Å². The number of benzene rings is 2. The van der Waals surface area contributed by atoms with E-state index in [9.17, 15) is 4.79 Å². The van der Waals surface area contributed by atoms with Gasteiger partial charge in [-0.05, 0) is 42.8 Å². The number of carbonyl (C=O) groups is 1. The van der Waals surface area contributed by atoms with Crippen molar-refractivity contribution in [2.45, 2.75) is 19.4 Å². The van der Waals surface area contributed by atoms with Gasteiger partial charge in [0, 0.05) is 44.8 Å². The zero-order valence-corrected chi connectivity index (χ0v) is 12.7. The second-order valence-corrected chi connectivity index (χ2v) is 5.84. The summed E-state index contributed by atoms with van der Waals surface area (Å²) < 4.78 is 2.13. The molecule has 0 radical (unpaired) electrons. The van der Waals surface area contributed by atoms with Crippen molar-refractivity contribution in [1.29, 1.82) is 0 Å². The van der Waals surface area contributed by atoms with E-state index in [0.29, 0.717) is 23.0 Å². The molecule has 1 aromatic heterocycles. The lowest BCUT2D eigenvalue weighted by Crippen LogP contribution is -2.01. The van der Waals surface area contributed by atoms with Crippen LogP contribution in [0.15, 0.2) is 36.4 Å². The maximum Gasteiger partial charge on any atom is 0.303 e. The number of rotatable bonds is 4. The molecule has 0 unspecified atom stereocenters. The lowest BCUT2D eigenvalue weighted by Gasteiger charge is -2.06. The predicted octanol–water partition coefficient (Wildman–Crippen LogP) is 4.97. The van der Waals surface area contributed by atoms with Gasteiger partial charge in [-0.1, -0.05) is 23.2 Å². The third kappa shape index (κ3) is 2.71. The number of aromatic nitrogens is 1. The van der Waals surface area contributed by atoms with E-state index < -0.39 is 5.97 Å². The molecule has 0 saturated carbocycles. The van der Waals surface area contributed by atoms with Gasteiger partial charge >= 0.3 is 5.97 Å². The number of nitrogens with zero attached hydrogens (tertiary/aromatic N) is 1. The molecule has 0 fully saturated rings. The largest absolute Gasteiger partial charge is 0.481 e. The van der Waals surface area contributed by atoms with E-state index in [0.717, 1.165) is 21.8 Å². The van der Waals surface area contributed by atoms with Crippen LogP contribution in [0, 0.1) is 0 Å². The smallest absolute Gasteiger partial charge is 0.303 e. The van der Waals surface area contributed by atoms with Gasteiger partial charge < -0.3 is 9.67 Å². The molecule has 2 aromatic carbocycles. The Balaban J connectivity index is 2.17. The second kappa shape index (κ2) is 5.58. The summed E-state index contributed by atoms with van der Waals surface area (Å²) in [5, 5.41) is 12.2. The molecule has 0 saturated heterocycles. The highest BCUT2D eigenvalue weighted by atomic mass is 35.5. The zero-order valence-electron chi connectivity index (χ0n) is 11.1. The Kier molecular flexibility index (Phi) is 3.79. The lowest BCUT2D eigenvalue weighted by atomic mass is 10.1. The number of halogens is 2. The SMILES string of the molecule is O=C(O)CCCn1c2ccc(Cl)cc2c2cc(Cl)ccc21. The predicted molar refractivity (Wildman–Crippen MR) is 86.3 cm³/mol. The topological polar surface area (TPSA) is 42.2 Å². The van der Waals surface area contributed by atoms with E-state index in [4.69, 9.17) is 28.3 Å². The molecule has 3 rings (SSSR count). The van der Waals surface area contributed by atoms with Crippen molar-refractivity contribution in [2.75, 3.05) is 0 Å². The molecule has 108 valence electrons. The molecular weight excluding hydrogens is 309 g/mol. The van der Waals surface area contributed by atoms with Gasteiger partial charge in [0.25, 0.3) is 0 Å². The first kappa shape index (κ1) is 14.2. The maximum absolute atomic E-state index is 10.7. The van der Waals surface area contributed by atoms with E-state index in [-0.39, 0.29) is 6.42 Å². The van der Waals surface area contributed by atoms with E-state index >= 15 is 0 Å². The van der Waals surface area contributed by atoms with Gasteiger partial charge in [0.1, 0.15) is 0 Å². The van der Waals surface area contributed by atoms with Crippen LogP contribution in [0.25, 0.3) is 21.8 Å². The number of carboxylic acids is 1. The number of aliphatic carboxylic acids is 1. The van der Waals surface area contributed by atoms with E-state index in [1.54, 1.807) is 0 Å². The van der Waals surface area contributed by atoms with E-state index in [2.05, 4.69) is 4.57 Å². The first-order valence-corrected chi connectivity index (χ1v) is 7.40. The molecule has 0 atom stereocenters. The zero-order chi connectivity index (χ0) is 15.0. The standard InChI is InChI=1S/C16H13Cl2NO2/c17-10-3-5-14-12(8-10)13-9-11(18)4-6-15(13)19(14)7-1-2-16(20)21/h3-6,8-9H,1-2,7H2,(H,20,21). The van der Waals surface area contributed by atoms with Gasteiger partial charge in [-0.3, -0.25) is 4.79 Å². The molecule has 1 heterocycles. The minimum atomic E-state index is -0.776. The van der Waals surface area contributed by atoms with Crippen LogP contribution in [0.5, 0.6) is 0 Å². The quantitative estimate of drug-likeness (QED) is 0.737. The van der Waals surface area contributed by atoms with Crippen LogP contribution in [0.2, 0.25) is 10.0 Å². The van der Waals surface area contributed by atoms with Crippen molar-refractivity contribution >= 4 is 51.0 Å². The molecule has 0 aliphatic rings. The van der Waals surface area contributed by atoms with Crippen molar-refractivity contribution in [2.24, 2.45) is 0 Å². The third-order valence-corrected chi connectivity index (χ3v) is 4.03. The highest BCUT2D eigenvalue weighted by Crippen LogP contribution is 2.33. The van der Waals surface area contributed by atoms with Crippen molar-refractivity contribution < 1.29 is 9.90 Å². The Morgan fingerprint density at radius 1 is 1.00 bits per heavy atom. The minimum absolute atomic E-state index is 0.155. The average Bonchev–Trinajstić information content (AvgIpc) is 2.72. The number of carboxylic acid groups (broad SMARTS) is 1. The van der Waals surface area contributed by atoms with Gasteiger partial charge in [-0.25, -0.2) is 0 Å². The number of fused-ring (bicyclic) bond motifs is 3. The van der Waals surface area contributed by atoms with Crippen molar-refractivity contribution in [1.82, 2.24) is 4.57 Å². The molecule has 0 aliphatic heterocycles. The summed E-state index contributed by atoms with van der Waals surface area (Å²) in [7, 11) is 0. The summed E-state index contributed by atoms with van der Waals surface area (Å²) in [5.41, 5.74) is 2.09. The van der Waals surface area contributed by atoms with Crippen LogP contribution in [-0.4, -0.2) is 15.6 Å². The lowest BCUT2D eigenvalue weighted by molar-refractivity contribution is -0.137. The van der Waals surface area contributed by atoms with Crippen molar-refractivity contribution in [3.05, 3.63) is 46.4 Å². The Morgan fingerprint density at radius 2 is 1.52 bits per heavy atom. The van der Waals surface area contributed by atoms with Crippen molar-refractivity contribution in [3.63, 3.8) is 0 Å². The summed E-state index contributed by atoms with van der Waals surface area (Å²) in [6, 6.07) is 11.5. The first-order chi connectivity index (χ1) is 10.1. The summed E-state index contributed by atoms with van der Waals surface area (Å²) in [4.78, 5) is 10.7. The van der Waals surface area contributed by atoms with Gasteiger partial charge in [0.15, 0.2) is 0 Å². The number of hydrogen-bond acceptors (Lipinski definition) is 1. The molecule has 21 heavy (non-hydrogen) atoms. The Hall–Kier alpha value is -1.71. The molecule has 0 amide bonds. The van der Waals surface area contributed by atoms with Gasteiger partial charge in [0.05, 0.1) is 0 Å². The van der Waals surface area contributed by atoms with Crippen LogP contribution >= 0.6 is 23.2 Å². The molecule has 0 aliphatic carbocycles. The van der Waals surface area contributed by atoms with Gasteiger partial charge in [-0.2, -0.15) is 0 Å². The fraction of sp³-hybridized carbons (Fsp3) is 0.188. The minimum Gasteiger partial charge on any atom is -0.481 e. The summed E-state index contributed by atoms with van der Waals surface area (Å²) in [6.07, 6.45) is 0.738. The molecule has 0 spiro atoms. The monoisotopic (exact) mass is 321 g/mol. The molecule has 5 heteroatoms. The summed E-state index contributed by atoms with van der Waals surface area (Å²) in [5.74, 6) is -0.776. The highest BCUT2D eigenvalue weighted by molar-refractivity contribution is 6.33. The fourth-order valence-electron chi connectivity index (χ4n) is 2.68. The third-order valence-electron chi connectivity index (χ3n) is 3.56. The first-order valence-electron chi connectivity index (χ1n) is 6.65. The number of aryl methyl sites for hydroxylation is 1. The van der Waals surface area contributed by atoms with Gasteiger partial charge in [0.2, 0.25) is 0 Å². The van der Waals surface area contributed by atoms with Gasteiger partial charge in [-0.15, -0.1) is 0 Å². The maximum atomic E-state index is 10.7. The van der Waals surface area contributed by atoms with Crippen LogP contribution < -0.4 is 0 Å². The Morgan fingerprint density at radius 3 is 2.00 bits per heavy atom. The molecule has 3 aromatic rings. The highest BCUT2D eigenvalue weighted by Gasteiger charge is 2.11. The summed E-state index contributed by atoms with van der Waals surface area (Å²) >= 11 is 12.2. The van der Waals surface area contributed by atoms with Crippen LogP contribution in [0.3, 0.4) is 0 Å². The second-order valence-electron chi connectivity index (χ2n) is 4.97. The fourth-order valence-corrected chi connectivity index (χ4v) is 3.02. The van der Waals surface area contributed by atoms with Crippen molar-refractivity contribution in [3.8, 4) is 0 Å².